The molecule has 0 heterocycles. The summed E-state index contributed by atoms with van der Waals surface area (Å²) < 4.78 is 0. The van der Waals surface area contributed by atoms with Crippen molar-refractivity contribution in [2.24, 2.45) is 11.8 Å². The largest absolute Gasteiger partial charge is 0.395 e. The van der Waals surface area contributed by atoms with Crippen LogP contribution in [-0.4, -0.2) is 85.2 Å². The van der Waals surface area contributed by atoms with Crippen LogP contribution < -0.4 is 10.6 Å². The van der Waals surface area contributed by atoms with Gasteiger partial charge in [-0.05, 0) is 89.1 Å². The van der Waals surface area contributed by atoms with E-state index in [4.69, 9.17) is 0 Å². The van der Waals surface area contributed by atoms with E-state index in [9.17, 15) is 14.7 Å². The molecule has 392 valence electrons. The lowest BCUT2D eigenvalue weighted by molar-refractivity contribution is -0.123. The van der Waals surface area contributed by atoms with Crippen molar-refractivity contribution in [1.29, 1.82) is 0 Å². The number of aliphatic hydroxyl groups excluding tert-OH is 1. The van der Waals surface area contributed by atoms with Gasteiger partial charge in [-0.2, -0.15) is 0 Å². The average Bonchev–Trinajstić information content (AvgIpc) is 3.61. The van der Waals surface area contributed by atoms with Gasteiger partial charge in [-0.25, -0.2) is 0 Å². The van der Waals surface area contributed by atoms with Crippen LogP contribution >= 0.6 is 0 Å². The molecule has 0 aromatic heterocycles. The van der Waals surface area contributed by atoms with Crippen molar-refractivity contribution in [3.05, 3.63) is 0 Å². The molecule has 0 aromatic carbocycles. The first-order valence-electron chi connectivity index (χ1n) is 30.1. The molecular weight excluding hydrogens is 813 g/mol. The molecule has 0 atom stereocenters. The topological polar surface area (TPSA) is 84.9 Å². The van der Waals surface area contributed by atoms with E-state index >= 15 is 0 Å². The van der Waals surface area contributed by atoms with Crippen molar-refractivity contribution in [2.75, 3.05) is 52.4 Å². The summed E-state index contributed by atoms with van der Waals surface area (Å²) in [7, 11) is 0. The van der Waals surface area contributed by atoms with Gasteiger partial charge < -0.3 is 20.6 Å². The minimum atomic E-state index is 0.242. The van der Waals surface area contributed by atoms with Gasteiger partial charge in [0.2, 0.25) is 11.8 Å². The summed E-state index contributed by atoms with van der Waals surface area (Å²) in [5.41, 5.74) is 0. The quantitative estimate of drug-likeness (QED) is 0.0418. The fourth-order valence-electron chi connectivity index (χ4n) is 10.8. The Morgan fingerprint density at radius 1 is 0.424 bits per heavy atom. The lowest BCUT2D eigenvalue weighted by Crippen LogP contribution is -2.43. The van der Waals surface area contributed by atoms with Gasteiger partial charge in [0.1, 0.15) is 0 Å². The molecule has 1 rings (SSSR count). The van der Waals surface area contributed by atoms with Gasteiger partial charge in [-0.1, -0.05) is 220 Å². The number of unbranched alkanes of at least 4 members (excludes halogenated alkanes) is 24. The zero-order chi connectivity index (χ0) is 47.8. The third-order valence-electron chi connectivity index (χ3n) is 15.2. The highest BCUT2D eigenvalue weighted by Crippen LogP contribution is 2.25. The summed E-state index contributed by atoms with van der Waals surface area (Å²) in [6.45, 7) is 16.1. The SMILES string of the molecule is CCCCCCCCC(CCCCCCCC)CC(=O)NCCCCCN(CCCCCNC(=O)CC(CCCCCCCC)CCCCCCCC)CCN(CCO)C1CCCCCC1. The molecule has 1 fully saturated rings. The molecule has 0 aromatic rings. The lowest BCUT2D eigenvalue weighted by Gasteiger charge is -2.33. The molecule has 66 heavy (non-hydrogen) atoms. The van der Waals surface area contributed by atoms with Crippen molar-refractivity contribution >= 4 is 11.8 Å². The summed E-state index contributed by atoms with van der Waals surface area (Å²) >= 11 is 0. The fraction of sp³-hybridized carbons (Fsp3) is 0.966. The van der Waals surface area contributed by atoms with Gasteiger partial charge in [0.15, 0.2) is 0 Å². The standard InChI is InChI=1S/C59H118N4O3/c1-5-9-13-17-21-29-39-55(40-30-22-18-14-10-6-2)53-58(65)60-45-35-27-37-47-62(49-50-63(51-52-64)57-43-33-25-26-34-44-57)48-38-28-36-46-61-59(66)54-56(41-31-23-19-15-11-7-3)42-32-24-20-16-12-8-4/h55-57,64H,5-54H2,1-4H3,(H,60,65)(H,61,66). The minimum Gasteiger partial charge on any atom is -0.395 e. The van der Waals surface area contributed by atoms with E-state index in [1.54, 1.807) is 0 Å². The average molecular weight is 932 g/mol. The summed E-state index contributed by atoms with van der Waals surface area (Å²) in [5.74, 6) is 1.64. The zero-order valence-corrected chi connectivity index (χ0v) is 45.2. The van der Waals surface area contributed by atoms with Gasteiger partial charge in [0.05, 0.1) is 6.61 Å². The van der Waals surface area contributed by atoms with Crippen LogP contribution in [0, 0.1) is 11.8 Å². The van der Waals surface area contributed by atoms with E-state index in [2.05, 4.69) is 48.1 Å². The van der Waals surface area contributed by atoms with Crippen molar-refractivity contribution < 1.29 is 14.7 Å². The number of nitrogens with one attached hydrogen (secondary N) is 2. The first kappa shape index (κ1) is 62.8. The van der Waals surface area contributed by atoms with Crippen molar-refractivity contribution in [2.45, 2.75) is 303 Å². The summed E-state index contributed by atoms with van der Waals surface area (Å²) in [4.78, 5) is 31.6. The molecule has 1 aliphatic carbocycles. The molecular formula is C59H118N4O3. The Balaban J connectivity index is 2.60. The predicted molar refractivity (Wildman–Crippen MR) is 288 cm³/mol. The van der Waals surface area contributed by atoms with Gasteiger partial charge in [-0.3, -0.25) is 14.5 Å². The van der Waals surface area contributed by atoms with Crippen LogP contribution in [0.15, 0.2) is 0 Å². The molecule has 0 aliphatic heterocycles. The molecule has 1 saturated carbocycles. The van der Waals surface area contributed by atoms with Gasteiger partial charge >= 0.3 is 0 Å². The fourth-order valence-corrected chi connectivity index (χ4v) is 10.8. The van der Waals surface area contributed by atoms with Crippen molar-refractivity contribution in [1.82, 2.24) is 20.4 Å². The number of rotatable bonds is 50. The van der Waals surface area contributed by atoms with Crippen LogP contribution in [0.5, 0.6) is 0 Å². The highest BCUT2D eigenvalue weighted by Gasteiger charge is 2.21. The Bertz CT molecular complexity index is 925. The van der Waals surface area contributed by atoms with Crippen LogP contribution in [0.25, 0.3) is 0 Å². The molecule has 0 bridgehead atoms. The molecule has 0 unspecified atom stereocenters. The summed E-state index contributed by atoms with van der Waals surface area (Å²) in [5, 5.41) is 16.7. The number of hydrogen-bond acceptors (Lipinski definition) is 5. The molecule has 0 spiro atoms. The minimum absolute atomic E-state index is 0.242. The number of amides is 2. The Morgan fingerprint density at radius 2 is 0.773 bits per heavy atom. The van der Waals surface area contributed by atoms with E-state index < -0.39 is 0 Å². The summed E-state index contributed by atoms with van der Waals surface area (Å²) in [6.07, 6.45) is 52.8. The van der Waals surface area contributed by atoms with Gasteiger partial charge in [-0.15, -0.1) is 0 Å². The molecule has 7 nitrogen and oxygen atoms in total. The van der Waals surface area contributed by atoms with Crippen LogP contribution in [0.3, 0.4) is 0 Å². The van der Waals surface area contributed by atoms with Crippen LogP contribution in [0.4, 0.5) is 0 Å². The molecule has 7 heteroatoms. The Morgan fingerprint density at radius 3 is 1.14 bits per heavy atom. The molecule has 0 radical (unpaired) electrons. The smallest absolute Gasteiger partial charge is 0.220 e. The maximum atomic E-state index is 13.2. The van der Waals surface area contributed by atoms with Gasteiger partial charge in [0, 0.05) is 51.6 Å². The number of carbonyl (C=O) groups is 2. The monoisotopic (exact) mass is 931 g/mol. The van der Waals surface area contributed by atoms with E-state index in [-0.39, 0.29) is 18.4 Å². The second kappa shape index (κ2) is 48.8. The predicted octanol–water partition coefficient (Wildman–Crippen LogP) is 15.9. The number of carbonyl (C=O) groups excluding carboxylic acids is 2. The number of aliphatic hydroxyl groups is 1. The molecule has 2 amide bonds. The second-order valence-electron chi connectivity index (χ2n) is 21.4. The van der Waals surface area contributed by atoms with Crippen LogP contribution in [0.2, 0.25) is 0 Å². The first-order chi connectivity index (χ1) is 32.5. The highest BCUT2D eigenvalue weighted by atomic mass is 16.3. The second-order valence-corrected chi connectivity index (χ2v) is 21.4. The van der Waals surface area contributed by atoms with Crippen LogP contribution in [-0.2, 0) is 9.59 Å². The van der Waals surface area contributed by atoms with E-state index in [0.29, 0.717) is 30.7 Å². The Hall–Kier alpha value is -1.18. The number of nitrogens with zero attached hydrogens (tertiary/aromatic N) is 2. The van der Waals surface area contributed by atoms with E-state index in [1.807, 2.05) is 0 Å². The summed E-state index contributed by atoms with van der Waals surface area (Å²) in [6, 6.07) is 0.612. The molecule has 0 saturated heterocycles. The first-order valence-corrected chi connectivity index (χ1v) is 30.1. The van der Waals surface area contributed by atoms with Crippen molar-refractivity contribution in [3.8, 4) is 0 Å². The lowest BCUT2D eigenvalue weighted by atomic mass is 9.91. The Labute approximate surface area is 413 Å². The zero-order valence-electron chi connectivity index (χ0n) is 45.2. The maximum absolute atomic E-state index is 13.2. The number of hydrogen-bond donors (Lipinski definition) is 3. The third kappa shape index (κ3) is 39.6. The molecule has 1 aliphatic rings. The maximum Gasteiger partial charge on any atom is 0.220 e. The molecule has 3 N–H and O–H groups in total. The van der Waals surface area contributed by atoms with Crippen LogP contribution in [0.1, 0.15) is 297 Å². The van der Waals surface area contributed by atoms with Gasteiger partial charge in [0.25, 0.3) is 0 Å². The van der Waals surface area contributed by atoms with E-state index in [1.165, 1.54) is 218 Å². The normalized spacial score (nSPS) is 13.7. The highest BCUT2D eigenvalue weighted by molar-refractivity contribution is 5.76. The third-order valence-corrected chi connectivity index (χ3v) is 15.2. The van der Waals surface area contributed by atoms with Crippen molar-refractivity contribution in [3.63, 3.8) is 0 Å². The van der Waals surface area contributed by atoms with E-state index in [0.717, 1.165) is 84.3 Å². The Kier molecular flexibility index (Phi) is 46.5.